The molecule has 0 unspecified atom stereocenters. The van der Waals surface area contributed by atoms with Gasteiger partial charge in [-0.15, -0.1) is 0 Å². The number of phenols is 1. The summed E-state index contributed by atoms with van der Waals surface area (Å²) in [7, 11) is 3.21. The van der Waals surface area contributed by atoms with Gasteiger partial charge in [-0.25, -0.2) is 0 Å². The molecular weight excluding hydrogens is 254 g/mol. The van der Waals surface area contributed by atoms with E-state index in [0.717, 1.165) is 22.6 Å². The van der Waals surface area contributed by atoms with Gasteiger partial charge in [0.25, 0.3) is 0 Å². The first-order valence-corrected chi connectivity index (χ1v) is 6.38. The van der Waals surface area contributed by atoms with Crippen molar-refractivity contribution in [3.8, 4) is 17.2 Å². The van der Waals surface area contributed by atoms with E-state index < -0.39 is 0 Å². The monoisotopic (exact) mass is 273 g/mol. The molecule has 0 atom stereocenters. The van der Waals surface area contributed by atoms with Crippen molar-refractivity contribution in [2.45, 2.75) is 13.5 Å². The molecule has 2 N–H and O–H groups in total. The number of hydrogen-bond acceptors (Lipinski definition) is 4. The van der Waals surface area contributed by atoms with Gasteiger partial charge in [-0.2, -0.15) is 0 Å². The number of rotatable bonds is 5. The van der Waals surface area contributed by atoms with Crippen molar-refractivity contribution in [3.63, 3.8) is 0 Å². The molecule has 0 aliphatic heterocycles. The van der Waals surface area contributed by atoms with E-state index in [0.29, 0.717) is 12.3 Å². The number of anilines is 1. The zero-order chi connectivity index (χ0) is 14.5. The number of phenolic OH excluding ortho intramolecular Hbond substituents is 1. The molecule has 0 aliphatic carbocycles. The van der Waals surface area contributed by atoms with Crippen LogP contribution in [0.1, 0.15) is 11.1 Å². The van der Waals surface area contributed by atoms with Crippen molar-refractivity contribution in [2.75, 3.05) is 19.5 Å². The summed E-state index contributed by atoms with van der Waals surface area (Å²) < 4.78 is 10.3. The lowest BCUT2D eigenvalue weighted by Crippen LogP contribution is -2.00. The quantitative estimate of drug-likeness (QED) is 0.877. The van der Waals surface area contributed by atoms with E-state index in [1.165, 1.54) is 0 Å². The normalized spacial score (nSPS) is 10.2. The molecule has 2 aromatic rings. The zero-order valence-corrected chi connectivity index (χ0v) is 11.9. The SMILES string of the molecule is COc1ccc(NCc2ccc(O)c(OC)c2)cc1C. The Hall–Kier alpha value is -2.36. The zero-order valence-electron chi connectivity index (χ0n) is 11.9. The van der Waals surface area contributed by atoms with Gasteiger partial charge < -0.3 is 19.9 Å². The van der Waals surface area contributed by atoms with Crippen LogP contribution < -0.4 is 14.8 Å². The molecule has 0 aromatic heterocycles. The van der Waals surface area contributed by atoms with Gasteiger partial charge in [0.1, 0.15) is 5.75 Å². The molecule has 0 amide bonds. The standard InChI is InChI=1S/C16H19NO3/c1-11-8-13(5-7-15(11)19-2)17-10-12-4-6-14(18)16(9-12)20-3/h4-9,17-18H,10H2,1-3H3. The van der Waals surface area contributed by atoms with Gasteiger partial charge in [0.15, 0.2) is 11.5 Å². The number of ether oxygens (including phenoxy) is 2. The molecule has 4 heteroatoms. The molecule has 4 nitrogen and oxygen atoms in total. The lowest BCUT2D eigenvalue weighted by atomic mass is 10.1. The summed E-state index contributed by atoms with van der Waals surface area (Å²) in [6, 6.07) is 11.3. The maximum Gasteiger partial charge on any atom is 0.160 e. The molecule has 0 saturated heterocycles. The predicted molar refractivity (Wildman–Crippen MR) is 79.7 cm³/mol. The van der Waals surface area contributed by atoms with Crippen LogP contribution in [0.2, 0.25) is 0 Å². The van der Waals surface area contributed by atoms with Crippen LogP contribution in [0.4, 0.5) is 5.69 Å². The van der Waals surface area contributed by atoms with Crippen molar-refractivity contribution in [3.05, 3.63) is 47.5 Å². The topological polar surface area (TPSA) is 50.7 Å². The number of methoxy groups -OCH3 is 2. The Labute approximate surface area is 119 Å². The first-order chi connectivity index (χ1) is 9.63. The lowest BCUT2D eigenvalue weighted by molar-refractivity contribution is 0.373. The number of aryl methyl sites for hydroxylation is 1. The molecule has 0 aliphatic rings. The van der Waals surface area contributed by atoms with Crippen molar-refractivity contribution >= 4 is 5.69 Å². The van der Waals surface area contributed by atoms with Crippen molar-refractivity contribution in [2.24, 2.45) is 0 Å². The third kappa shape index (κ3) is 3.15. The summed E-state index contributed by atoms with van der Waals surface area (Å²) >= 11 is 0. The van der Waals surface area contributed by atoms with Crippen LogP contribution in [0, 0.1) is 6.92 Å². The van der Waals surface area contributed by atoms with Gasteiger partial charge in [0.2, 0.25) is 0 Å². The largest absolute Gasteiger partial charge is 0.504 e. The second kappa shape index (κ2) is 6.19. The number of nitrogens with one attached hydrogen (secondary N) is 1. The molecule has 0 saturated carbocycles. The number of aromatic hydroxyl groups is 1. The van der Waals surface area contributed by atoms with Crippen LogP contribution in [0.5, 0.6) is 17.2 Å². The van der Waals surface area contributed by atoms with E-state index in [1.807, 2.05) is 37.3 Å². The van der Waals surface area contributed by atoms with Crippen LogP contribution >= 0.6 is 0 Å². The first kappa shape index (κ1) is 14.1. The van der Waals surface area contributed by atoms with E-state index in [-0.39, 0.29) is 5.75 Å². The minimum atomic E-state index is 0.150. The van der Waals surface area contributed by atoms with Crippen molar-refractivity contribution in [1.29, 1.82) is 0 Å². The van der Waals surface area contributed by atoms with E-state index in [1.54, 1.807) is 20.3 Å². The highest BCUT2D eigenvalue weighted by Gasteiger charge is 2.03. The summed E-state index contributed by atoms with van der Waals surface area (Å²) in [5, 5.41) is 12.9. The Morgan fingerprint density at radius 3 is 2.40 bits per heavy atom. The summed E-state index contributed by atoms with van der Waals surface area (Å²) in [4.78, 5) is 0. The van der Waals surface area contributed by atoms with Gasteiger partial charge in [0, 0.05) is 12.2 Å². The fourth-order valence-electron chi connectivity index (χ4n) is 2.02. The fourth-order valence-corrected chi connectivity index (χ4v) is 2.02. The minimum Gasteiger partial charge on any atom is -0.504 e. The Bertz CT molecular complexity index is 596. The van der Waals surface area contributed by atoms with Crippen LogP contribution in [0.15, 0.2) is 36.4 Å². The van der Waals surface area contributed by atoms with Crippen LogP contribution in [-0.4, -0.2) is 19.3 Å². The summed E-state index contributed by atoms with van der Waals surface area (Å²) in [5.74, 6) is 1.51. The second-order valence-corrected chi connectivity index (χ2v) is 4.54. The van der Waals surface area contributed by atoms with Crippen LogP contribution in [-0.2, 0) is 6.54 Å². The van der Waals surface area contributed by atoms with Crippen molar-refractivity contribution < 1.29 is 14.6 Å². The third-order valence-electron chi connectivity index (χ3n) is 3.14. The molecule has 0 heterocycles. The number of benzene rings is 2. The van der Waals surface area contributed by atoms with E-state index in [2.05, 4.69) is 5.32 Å². The average molecular weight is 273 g/mol. The second-order valence-electron chi connectivity index (χ2n) is 4.54. The molecule has 0 fully saturated rings. The average Bonchev–Trinajstić information content (AvgIpc) is 2.46. The summed E-state index contributed by atoms with van der Waals surface area (Å²) in [6.07, 6.45) is 0. The Kier molecular flexibility index (Phi) is 4.35. The van der Waals surface area contributed by atoms with Gasteiger partial charge in [-0.05, 0) is 48.4 Å². The first-order valence-electron chi connectivity index (χ1n) is 6.38. The highest BCUT2D eigenvalue weighted by Crippen LogP contribution is 2.27. The lowest BCUT2D eigenvalue weighted by Gasteiger charge is -2.11. The molecule has 106 valence electrons. The third-order valence-corrected chi connectivity index (χ3v) is 3.14. The molecular formula is C16H19NO3. The fraction of sp³-hybridized carbons (Fsp3) is 0.250. The van der Waals surface area contributed by atoms with Gasteiger partial charge in [-0.1, -0.05) is 6.07 Å². The minimum absolute atomic E-state index is 0.150. The van der Waals surface area contributed by atoms with Crippen molar-refractivity contribution in [1.82, 2.24) is 0 Å². The highest BCUT2D eigenvalue weighted by molar-refractivity contribution is 5.51. The molecule has 20 heavy (non-hydrogen) atoms. The number of hydrogen-bond donors (Lipinski definition) is 2. The maximum atomic E-state index is 9.55. The molecule has 0 spiro atoms. The predicted octanol–water partition coefficient (Wildman–Crippen LogP) is 3.33. The highest BCUT2D eigenvalue weighted by atomic mass is 16.5. The molecule has 2 aromatic carbocycles. The maximum absolute atomic E-state index is 9.55. The van der Waals surface area contributed by atoms with E-state index in [4.69, 9.17) is 9.47 Å². The van der Waals surface area contributed by atoms with Gasteiger partial charge in [0.05, 0.1) is 14.2 Å². The van der Waals surface area contributed by atoms with Crippen LogP contribution in [0.25, 0.3) is 0 Å². The Morgan fingerprint density at radius 2 is 1.75 bits per heavy atom. The Morgan fingerprint density at radius 1 is 1.00 bits per heavy atom. The van der Waals surface area contributed by atoms with E-state index >= 15 is 0 Å². The van der Waals surface area contributed by atoms with Crippen LogP contribution in [0.3, 0.4) is 0 Å². The molecule has 2 rings (SSSR count). The Balaban J connectivity index is 2.07. The summed E-state index contributed by atoms with van der Waals surface area (Å²) in [6.45, 7) is 2.66. The van der Waals surface area contributed by atoms with E-state index in [9.17, 15) is 5.11 Å². The van der Waals surface area contributed by atoms with Gasteiger partial charge in [-0.3, -0.25) is 0 Å². The molecule has 0 radical (unpaired) electrons. The smallest absolute Gasteiger partial charge is 0.160 e. The van der Waals surface area contributed by atoms with Gasteiger partial charge >= 0.3 is 0 Å². The molecule has 0 bridgehead atoms. The summed E-state index contributed by atoms with van der Waals surface area (Å²) in [5.41, 5.74) is 3.14.